The summed E-state index contributed by atoms with van der Waals surface area (Å²) >= 11 is 0. The van der Waals surface area contributed by atoms with Crippen molar-refractivity contribution in [2.75, 3.05) is 6.54 Å². The van der Waals surface area contributed by atoms with Gasteiger partial charge in [-0.1, -0.05) is 37.3 Å². The van der Waals surface area contributed by atoms with Crippen molar-refractivity contribution >= 4 is 12.0 Å². The summed E-state index contributed by atoms with van der Waals surface area (Å²) in [7, 11) is 0. The maximum absolute atomic E-state index is 11.8. The summed E-state index contributed by atoms with van der Waals surface area (Å²) in [6.07, 6.45) is 1.40. The second-order valence-electron chi connectivity index (χ2n) is 5.91. The topological polar surface area (TPSA) is 78.4 Å². The molecular formula is C16H22N2O3. The van der Waals surface area contributed by atoms with Crippen LogP contribution in [0.2, 0.25) is 0 Å². The quantitative estimate of drug-likeness (QED) is 0.752. The summed E-state index contributed by atoms with van der Waals surface area (Å²) < 4.78 is 0. The van der Waals surface area contributed by atoms with Crippen LogP contribution in [0.3, 0.4) is 0 Å². The molecule has 0 bridgehead atoms. The SMILES string of the molecule is CCC(C)(CNC(=O)NC1CC1c1ccccc1)C(=O)O. The number of nitrogens with one attached hydrogen (secondary N) is 2. The molecule has 2 rings (SSSR count). The fourth-order valence-corrected chi connectivity index (χ4v) is 2.27. The molecule has 0 aliphatic heterocycles. The molecule has 3 unspecified atom stereocenters. The first-order chi connectivity index (χ1) is 9.96. The van der Waals surface area contributed by atoms with E-state index in [0.29, 0.717) is 12.3 Å². The summed E-state index contributed by atoms with van der Waals surface area (Å²) in [6, 6.07) is 9.92. The fraction of sp³-hybridized carbons (Fsp3) is 0.500. The lowest BCUT2D eigenvalue weighted by Crippen LogP contribution is -2.45. The Hall–Kier alpha value is -2.04. The summed E-state index contributed by atoms with van der Waals surface area (Å²) in [5.74, 6) is -0.520. The summed E-state index contributed by atoms with van der Waals surface area (Å²) in [4.78, 5) is 23.0. The molecule has 21 heavy (non-hydrogen) atoms. The molecule has 3 atom stereocenters. The molecule has 1 aliphatic rings. The molecule has 0 saturated heterocycles. The van der Waals surface area contributed by atoms with Gasteiger partial charge < -0.3 is 15.7 Å². The van der Waals surface area contributed by atoms with Gasteiger partial charge in [0.2, 0.25) is 0 Å². The third kappa shape index (κ3) is 3.74. The fourth-order valence-electron chi connectivity index (χ4n) is 2.27. The Morgan fingerprint density at radius 3 is 2.57 bits per heavy atom. The average Bonchev–Trinajstić information content (AvgIpc) is 3.24. The minimum absolute atomic E-state index is 0.132. The van der Waals surface area contributed by atoms with Crippen LogP contribution < -0.4 is 10.6 Å². The van der Waals surface area contributed by atoms with Crippen LogP contribution in [-0.4, -0.2) is 29.7 Å². The Labute approximate surface area is 124 Å². The zero-order valence-electron chi connectivity index (χ0n) is 12.4. The van der Waals surface area contributed by atoms with Gasteiger partial charge in [0.25, 0.3) is 0 Å². The van der Waals surface area contributed by atoms with Crippen molar-refractivity contribution < 1.29 is 14.7 Å². The normalized spacial score (nSPS) is 23.0. The van der Waals surface area contributed by atoms with Crippen molar-refractivity contribution in [1.29, 1.82) is 0 Å². The van der Waals surface area contributed by atoms with E-state index in [9.17, 15) is 9.59 Å². The largest absolute Gasteiger partial charge is 0.481 e. The number of aliphatic carboxylic acids is 1. The Morgan fingerprint density at radius 1 is 1.33 bits per heavy atom. The van der Waals surface area contributed by atoms with Gasteiger partial charge in [0.15, 0.2) is 0 Å². The van der Waals surface area contributed by atoms with Crippen LogP contribution >= 0.6 is 0 Å². The molecule has 0 radical (unpaired) electrons. The summed E-state index contributed by atoms with van der Waals surface area (Å²) in [5.41, 5.74) is 0.312. The van der Waals surface area contributed by atoms with Crippen molar-refractivity contribution in [3.05, 3.63) is 35.9 Å². The average molecular weight is 290 g/mol. The van der Waals surface area contributed by atoms with E-state index < -0.39 is 11.4 Å². The number of carbonyl (C=O) groups is 2. The van der Waals surface area contributed by atoms with E-state index in [2.05, 4.69) is 22.8 Å². The van der Waals surface area contributed by atoms with Crippen molar-refractivity contribution in [3.8, 4) is 0 Å². The number of carboxylic acid groups (broad SMARTS) is 1. The van der Waals surface area contributed by atoms with Crippen LogP contribution in [0.25, 0.3) is 0 Å². The minimum Gasteiger partial charge on any atom is -0.481 e. The van der Waals surface area contributed by atoms with Gasteiger partial charge in [-0.05, 0) is 25.3 Å². The molecule has 0 heterocycles. The van der Waals surface area contributed by atoms with Crippen LogP contribution in [0.15, 0.2) is 30.3 Å². The highest BCUT2D eigenvalue weighted by molar-refractivity contribution is 5.78. The third-order valence-electron chi connectivity index (χ3n) is 4.27. The molecule has 1 aromatic rings. The third-order valence-corrected chi connectivity index (χ3v) is 4.27. The van der Waals surface area contributed by atoms with Crippen LogP contribution in [-0.2, 0) is 4.79 Å². The van der Waals surface area contributed by atoms with E-state index in [1.807, 2.05) is 18.2 Å². The lowest BCUT2D eigenvalue weighted by atomic mass is 9.88. The Morgan fingerprint density at radius 2 is 2.00 bits per heavy atom. The van der Waals surface area contributed by atoms with Gasteiger partial charge in [0.05, 0.1) is 5.41 Å². The highest BCUT2D eigenvalue weighted by Crippen LogP contribution is 2.40. The van der Waals surface area contributed by atoms with E-state index in [1.165, 1.54) is 5.56 Å². The maximum Gasteiger partial charge on any atom is 0.315 e. The first-order valence-corrected chi connectivity index (χ1v) is 7.29. The Kier molecular flexibility index (Phi) is 4.50. The van der Waals surface area contributed by atoms with Gasteiger partial charge >= 0.3 is 12.0 Å². The zero-order valence-corrected chi connectivity index (χ0v) is 12.4. The van der Waals surface area contributed by atoms with E-state index in [4.69, 9.17) is 5.11 Å². The lowest BCUT2D eigenvalue weighted by Gasteiger charge is -2.23. The molecule has 0 spiro atoms. The highest BCUT2D eigenvalue weighted by Gasteiger charge is 2.39. The summed E-state index contributed by atoms with van der Waals surface area (Å²) in [5, 5.41) is 14.7. The van der Waals surface area contributed by atoms with Crippen LogP contribution in [0.5, 0.6) is 0 Å². The number of rotatable bonds is 6. The van der Waals surface area contributed by atoms with Crippen molar-refractivity contribution in [2.24, 2.45) is 5.41 Å². The van der Waals surface area contributed by atoms with Crippen molar-refractivity contribution in [2.45, 2.75) is 38.6 Å². The smallest absolute Gasteiger partial charge is 0.315 e. The van der Waals surface area contributed by atoms with Crippen LogP contribution in [0.1, 0.15) is 38.2 Å². The Bertz CT molecular complexity index is 518. The van der Waals surface area contributed by atoms with Crippen LogP contribution in [0.4, 0.5) is 4.79 Å². The van der Waals surface area contributed by atoms with Crippen molar-refractivity contribution in [3.63, 3.8) is 0 Å². The number of urea groups is 1. The second-order valence-corrected chi connectivity index (χ2v) is 5.91. The van der Waals surface area contributed by atoms with E-state index >= 15 is 0 Å². The monoisotopic (exact) mass is 290 g/mol. The molecule has 114 valence electrons. The molecule has 1 fully saturated rings. The van der Waals surface area contributed by atoms with E-state index in [0.717, 1.165) is 6.42 Å². The molecule has 1 aliphatic carbocycles. The minimum atomic E-state index is -0.917. The maximum atomic E-state index is 11.8. The molecule has 3 N–H and O–H groups in total. The van der Waals surface area contributed by atoms with Gasteiger partial charge in [0, 0.05) is 18.5 Å². The van der Waals surface area contributed by atoms with Crippen molar-refractivity contribution in [1.82, 2.24) is 10.6 Å². The number of hydrogen-bond donors (Lipinski definition) is 3. The van der Waals surface area contributed by atoms with Gasteiger partial charge in [-0.3, -0.25) is 4.79 Å². The number of amides is 2. The van der Waals surface area contributed by atoms with E-state index in [1.54, 1.807) is 13.8 Å². The first-order valence-electron chi connectivity index (χ1n) is 7.29. The number of carboxylic acids is 1. The number of hydrogen-bond acceptors (Lipinski definition) is 2. The van der Waals surface area contributed by atoms with Crippen LogP contribution in [0, 0.1) is 5.41 Å². The molecule has 2 amide bonds. The van der Waals surface area contributed by atoms with E-state index in [-0.39, 0.29) is 18.6 Å². The first kappa shape index (κ1) is 15.4. The molecule has 0 aromatic heterocycles. The van der Waals surface area contributed by atoms with Gasteiger partial charge in [0.1, 0.15) is 0 Å². The summed E-state index contributed by atoms with van der Waals surface area (Å²) in [6.45, 7) is 3.58. The number of benzene rings is 1. The number of carbonyl (C=O) groups excluding carboxylic acids is 1. The van der Waals surface area contributed by atoms with Gasteiger partial charge in [-0.15, -0.1) is 0 Å². The molecule has 1 aromatic carbocycles. The Balaban J connectivity index is 1.78. The molecule has 5 heteroatoms. The zero-order chi connectivity index (χ0) is 15.5. The predicted octanol–water partition coefficient (Wildman–Crippen LogP) is 2.34. The lowest BCUT2D eigenvalue weighted by molar-refractivity contribution is -0.147. The standard InChI is InChI=1S/C16H22N2O3/c1-3-16(2,14(19)20)10-17-15(21)18-13-9-12(13)11-7-5-4-6-8-11/h4-8,12-13H,3,9-10H2,1-2H3,(H,19,20)(H2,17,18,21). The second kappa shape index (κ2) is 6.16. The molecular weight excluding hydrogens is 268 g/mol. The molecule has 1 saturated carbocycles. The predicted molar refractivity (Wildman–Crippen MR) is 80.2 cm³/mol. The van der Waals surface area contributed by atoms with Gasteiger partial charge in [-0.2, -0.15) is 0 Å². The molecule has 5 nitrogen and oxygen atoms in total. The highest BCUT2D eigenvalue weighted by atomic mass is 16.4. The van der Waals surface area contributed by atoms with Gasteiger partial charge in [-0.25, -0.2) is 4.79 Å².